The lowest BCUT2D eigenvalue weighted by Crippen LogP contribution is -2.41. The Labute approximate surface area is 117 Å². The van der Waals surface area contributed by atoms with Gasteiger partial charge in [0.15, 0.2) is 0 Å². The van der Waals surface area contributed by atoms with Gasteiger partial charge in [-0.15, -0.1) is 0 Å². The van der Waals surface area contributed by atoms with Gasteiger partial charge in [-0.2, -0.15) is 0 Å². The second-order valence-corrected chi connectivity index (χ2v) is 5.88. The fraction of sp³-hybridized carbons (Fsp3) is 0.538. The van der Waals surface area contributed by atoms with E-state index in [2.05, 4.69) is 0 Å². The Hall–Kier alpha value is -1.47. The van der Waals surface area contributed by atoms with Crippen molar-refractivity contribution in [2.24, 2.45) is 0 Å². The van der Waals surface area contributed by atoms with Crippen LogP contribution in [0.1, 0.15) is 33.3 Å². The average Bonchev–Trinajstić information content (AvgIpc) is 2.49. The molecular formula is C13H17BFNO4. The van der Waals surface area contributed by atoms with Gasteiger partial charge in [-0.3, -0.25) is 10.1 Å². The van der Waals surface area contributed by atoms with Crippen molar-refractivity contribution in [2.45, 2.75) is 45.2 Å². The normalized spacial score (nSPS) is 20.1. The lowest BCUT2D eigenvalue weighted by molar-refractivity contribution is -0.385. The molecule has 1 aromatic rings. The molecule has 1 fully saturated rings. The van der Waals surface area contributed by atoms with Crippen molar-refractivity contribution in [1.82, 2.24) is 0 Å². The molecule has 0 saturated carbocycles. The number of rotatable bonds is 3. The number of nitro benzene ring substituents is 1. The molecule has 0 bridgehead atoms. The Balaban J connectivity index is 2.27. The Morgan fingerprint density at radius 3 is 2.30 bits per heavy atom. The predicted octanol–water partition coefficient (Wildman–Crippen LogP) is 2.91. The first-order valence-electron chi connectivity index (χ1n) is 6.41. The van der Waals surface area contributed by atoms with E-state index in [9.17, 15) is 14.5 Å². The van der Waals surface area contributed by atoms with Gasteiger partial charge in [0.2, 0.25) is 0 Å². The van der Waals surface area contributed by atoms with E-state index in [0.29, 0.717) is 0 Å². The van der Waals surface area contributed by atoms with E-state index in [1.165, 1.54) is 18.2 Å². The lowest BCUT2D eigenvalue weighted by Gasteiger charge is -2.32. The van der Waals surface area contributed by atoms with Gasteiger partial charge >= 0.3 is 7.12 Å². The molecule has 1 aliphatic rings. The van der Waals surface area contributed by atoms with Crippen molar-refractivity contribution >= 4 is 12.8 Å². The molecule has 7 heteroatoms. The quantitative estimate of drug-likeness (QED) is 0.485. The molecule has 1 aromatic carbocycles. The third kappa shape index (κ3) is 2.55. The fourth-order valence-corrected chi connectivity index (χ4v) is 2.14. The molecular weight excluding hydrogens is 264 g/mol. The number of hydrogen-bond donors (Lipinski definition) is 0. The predicted molar refractivity (Wildman–Crippen MR) is 72.8 cm³/mol. The Bertz CT molecular complexity index is 531. The molecule has 0 aromatic heterocycles. The largest absolute Gasteiger partial charge is 0.462 e. The van der Waals surface area contributed by atoms with Crippen molar-refractivity contribution in [1.29, 1.82) is 0 Å². The van der Waals surface area contributed by atoms with Crippen molar-refractivity contribution in [3.05, 3.63) is 39.7 Å². The van der Waals surface area contributed by atoms with Crippen LogP contribution in [-0.4, -0.2) is 23.2 Å². The number of benzene rings is 1. The van der Waals surface area contributed by atoms with Crippen LogP contribution in [0.15, 0.2) is 18.2 Å². The highest BCUT2D eigenvalue weighted by Crippen LogP contribution is 2.38. The van der Waals surface area contributed by atoms with Crippen LogP contribution < -0.4 is 0 Å². The maximum absolute atomic E-state index is 13.8. The van der Waals surface area contributed by atoms with Crippen molar-refractivity contribution in [3.8, 4) is 0 Å². The third-order valence-electron chi connectivity index (χ3n) is 3.96. The van der Waals surface area contributed by atoms with Crippen LogP contribution in [0.25, 0.3) is 0 Å². The molecule has 108 valence electrons. The minimum Gasteiger partial charge on any atom is -0.403 e. The molecule has 20 heavy (non-hydrogen) atoms. The first-order chi connectivity index (χ1) is 9.14. The number of nitro groups is 1. The van der Waals surface area contributed by atoms with Gasteiger partial charge in [-0.25, -0.2) is 4.39 Å². The Morgan fingerprint density at radius 1 is 1.25 bits per heavy atom. The first kappa shape index (κ1) is 14.9. The maximum Gasteiger partial charge on any atom is 0.462 e. The van der Waals surface area contributed by atoms with Crippen LogP contribution in [0.5, 0.6) is 0 Å². The molecule has 0 spiro atoms. The van der Waals surface area contributed by atoms with Crippen molar-refractivity contribution in [2.75, 3.05) is 0 Å². The van der Waals surface area contributed by atoms with E-state index < -0.39 is 29.1 Å². The van der Waals surface area contributed by atoms with Gasteiger partial charge in [0.25, 0.3) is 5.69 Å². The highest BCUT2D eigenvalue weighted by molar-refractivity contribution is 6.45. The molecule has 1 saturated heterocycles. The zero-order valence-corrected chi connectivity index (χ0v) is 12.0. The minimum absolute atomic E-state index is 0.00977. The summed E-state index contributed by atoms with van der Waals surface area (Å²) in [5.41, 5.74) is -1.33. The van der Waals surface area contributed by atoms with Crippen LogP contribution in [0.4, 0.5) is 10.1 Å². The van der Waals surface area contributed by atoms with Gasteiger partial charge < -0.3 is 9.31 Å². The van der Waals surface area contributed by atoms with E-state index in [1.54, 1.807) is 0 Å². The molecule has 0 unspecified atom stereocenters. The second kappa shape index (κ2) is 4.82. The molecule has 1 heterocycles. The van der Waals surface area contributed by atoms with E-state index >= 15 is 0 Å². The average molecular weight is 281 g/mol. The van der Waals surface area contributed by atoms with Crippen LogP contribution in [0.2, 0.25) is 0 Å². The van der Waals surface area contributed by atoms with Gasteiger partial charge in [0.1, 0.15) is 5.82 Å². The van der Waals surface area contributed by atoms with E-state index in [-0.39, 0.29) is 17.6 Å². The lowest BCUT2D eigenvalue weighted by atomic mass is 9.80. The summed E-state index contributed by atoms with van der Waals surface area (Å²) in [5.74, 6) is -0.617. The maximum atomic E-state index is 13.8. The zero-order chi connectivity index (χ0) is 15.1. The number of hydrogen-bond acceptors (Lipinski definition) is 4. The summed E-state index contributed by atoms with van der Waals surface area (Å²) < 4.78 is 25.3. The molecule has 0 radical (unpaired) electrons. The SMILES string of the molecule is CC1(C)OB(Cc2c(F)cccc2[N+](=O)[O-])OC1(C)C. The molecule has 0 N–H and O–H groups in total. The Morgan fingerprint density at radius 2 is 1.80 bits per heavy atom. The van der Waals surface area contributed by atoms with Gasteiger partial charge in [-0.05, 0) is 33.8 Å². The second-order valence-electron chi connectivity index (χ2n) is 5.88. The van der Waals surface area contributed by atoms with E-state index in [1.807, 2.05) is 27.7 Å². The summed E-state index contributed by atoms with van der Waals surface area (Å²) >= 11 is 0. The molecule has 0 amide bonds. The summed E-state index contributed by atoms with van der Waals surface area (Å²) in [5, 5.41) is 11.0. The monoisotopic (exact) mass is 281 g/mol. The molecule has 5 nitrogen and oxygen atoms in total. The van der Waals surface area contributed by atoms with Crippen molar-refractivity contribution < 1.29 is 18.6 Å². The van der Waals surface area contributed by atoms with Crippen LogP contribution in [0, 0.1) is 15.9 Å². The van der Waals surface area contributed by atoms with E-state index in [4.69, 9.17) is 9.31 Å². The Kier molecular flexibility index (Phi) is 3.60. The summed E-state index contributed by atoms with van der Waals surface area (Å²) in [4.78, 5) is 10.4. The van der Waals surface area contributed by atoms with E-state index in [0.717, 1.165) is 0 Å². The topological polar surface area (TPSA) is 61.6 Å². The van der Waals surface area contributed by atoms with Crippen molar-refractivity contribution in [3.63, 3.8) is 0 Å². The highest BCUT2D eigenvalue weighted by Gasteiger charge is 2.51. The molecule has 0 aliphatic carbocycles. The number of halogens is 1. The molecule has 2 rings (SSSR count). The standard InChI is InChI=1S/C13H17BFNO4/c1-12(2)13(3,4)20-14(19-12)8-9-10(15)6-5-7-11(9)16(17)18/h5-7H,8H2,1-4H3. The molecule has 1 aliphatic heterocycles. The van der Waals surface area contributed by atoms with Crippen LogP contribution in [0.3, 0.4) is 0 Å². The fourth-order valence-electron chi connectivity index (χ4n) is 2.14. The molecule has 0 atom stereocenters. The van der Waals surface area contributed by atoms with Gasteiger partial charge in [-0.1, -0.05) is 6.07 Å². The minimum atomic E-state index is -0.699. The third-order valence-corrected chi connectivity index (χ3v) is 3.96. The summed E-state index contributed by atoms with van der Waals surface area (Å²) in [6.45, 7) is 7.51. The summed E-state index contributed by atoms with van der Waals surface area (Å²) in [6, 6.07) is 3.80. The zero-order valence-electron chi connectivity index (χ0n) is 12.0. The van der Waals surface area contributed by atoms with Gasteiger partial charge in [0.05, 0.1) is 21.7 Å². The van der Waals surface area contributed by atoms with Crippen LogP contribution >= 0.6 is 0 Å². The summed E-state index contributed by atoms with van der Waals surface area (Å²) in [7, 11) is -0.699. The first-order valence-corrected chi connectivity index (χ1v) is 6.41. The highest BCUT2D eigenvalue weighted by atomic mass is 19.1. The smallest absolute Gasteiger partial charge is 0.403 e. The summed E-state index contributed by atoms with van der Waals surface area (Å²) in [6.07, 6.45) is 0.00977. The number of nitrogens with zero attached hydrogens (tertiary/aromatic N) is 1. The van der Waals surface area contributed by atoms with Crippen LogP contribution in [-0.2, 0) is 15.6 Å². The van der Waals surface area contributed by atoms with Gasteiger partial charge in [0, 0.05) is 12.4 Å².